The Balaban J connectivity index is 1.39. The number of anilines is 1. The van der Waals surface area contributed by atoms with E-state index in [4.69, 9.17) is 0 Å². The number of nitrogens with zero attached hydrogens (tertiary/aromatic N) is 4. The van der Waals surface area contributed by atoms with Gasteiger partial charge in [-0.15, -0.1) is 0 Å². The summed E-state index contributed by atoms with van der Waals surface area (Å²) in [5.41, 5.74) is 2.03. The van der Waals surface area contributed by atoms with E-state index in [1.54, 1.807) is 6.20 Å². The van der Waals surface area contributed by atoms with Gasteiger partial charge in [0, 0.05) is 63.6 Å². The van der Waals surface area contributed by atoms with Gasteiger partial charge in [0.1, 0.15) is 5.82 Å². The van der Waals surface area contributed by atoms with Crippen LogP contribution < -0.4 is 10.2 Å². The number of unbranched alkanes of at least 4 members (excludes halogenated alkanes) is 1. The summed E-state index contributed by atoms with van der Waals surface area (Å²) < 4.78 is 0. The molecule has 0 unspecified atom stereocenters. The molecule has 6 heteroatoms. The molecule has 2 fully saturated rings. The number of amides is 1. The second-order valence-electron chi connectivity index (χ2n) is 8.25. The normalized spacial score (nSPS) is 20.4. The average molecular weight is 408 g/mol. The molecule has 2 aliphatic rings. The Morgan fingerprint density at radius 2 is 1.90 bits per heavy atom. The van der Waals surface area contributed by atoms with Gasteiger partial charge in [-0.1, -0.05) is 43.7 Å². The van der Waals surface area contributed by atoms with Crippen LogP contribution in [0.1, 0.15) is 41.7 Å². The number of nitrogens with one attached hydrogen (secondary N) is 1. The lowest BCUT2D eigenvalue weighted by Gasteiger charge is -2.36. The minimum Gasteiger partial charge on any atom is -0.353 e. The SMILES string of the molecule is CCCCN1CCN(C(=O)c2ccnc(N3CCN[C@@H](c4ccccc4)C3)c2)CC1. The summed E-state index contributed by atoms with van der Waals surface area (Å²) in [6.07, 6.45) is 4.23. The molecule has 2 saturated heterocycles. The highest BCUT2D eigenvalue weighted by atomic mass is 16.2. The van der Waals surface area contributed by atoms with Crippen molar-refractivity contribution in [1.29, 1.82) is 0 Å². The molecule has 0 aliphatic carbocycles. The Morgan fingerprint density at radius 1 is 1.10 bits per heavy atom. The third kappa shape index (κ3) is 4.99. The highest BCUT2D eigenvalue weighted by Crippen LogP contribution is 2.22. The molecule has 0 bridgehead atoms. The van der Waals surface area contributed by atoms with Crippen LogP contribution in [0.2, 0.25) is 0 Å². The molecular weight excluding hydrogens is 374 g/mol. The summed E-state index contributed by atoms with van der Waals surface area (Å²) in [5.74, 6) is 1.02. The largest absolute Gasteiger partial charge is 0.353 e. The van der Waals surface area contributed by atoms with Crippen LogP contribution in [0, 0.1) is 0 Å². The Hall–Kier alpha value is -2.44. The zero-order valence-electron chi connectivity index (χ0n) is 18.0. The van der Waals surface area contributed by atoms with Gasteiger partial charge in [0.05, 0.1) is 0 Å². The number of hydrogen-bond acceptors (Lipinski definition) is 5. The van der Waals surface area contributed by atoms with Gasteiger partial charge >= 0.3 is 0 Å². The fraction of sp³-hybridized carbons (Fsp3) is 0.500. The van der Waals surface area contributed by atoms with Crippen LogP contribution in [-0.2, 0) is 0 Å². The minimum absolute atomic E-state index is 0.128. The first-order chi connectivity index (χ1) is 14.7. The molecule has 2 aliphatic heterocycles. The number of carbonyl (C=O) groups excluding carboxylic acids is 1. The predicted octanol–water partition coefficient (Wildman–Crippen LogP) is 2.79. The molecule has 30 heavy (non-hydrogen) atoms. The third-order valence-corrected chi connectivity index (χ3v) is 6.18. The second-order valence-corrected chi connectivity index (χ2v) is 8.25. The first-order valence-electron chi connectivity index (χ1n) is 11.3. The molecule has 0 spiro atoms. The Bertz CT molecular complexity index is 819. The number of pyridine rings is 1. The fourth-order valence-corrected chi connectivity index (χ4v) is 4.33. The number of carbonyl (C=O) groups is 1. The summed E-state index contributed by atoms with van der Waals surface area (Å²) >= 11 is 0. The van der Waals surface area contributed by atoms with Gasteiger partial charge in [0.15, 0.2) is 0 Å². The van der Waals surface area contributed by atoms with Crippen LogP contribution in [0.15, 0.2) is 48.7 Å². The molecule has 0 saturated carbocycles. The molecule has 1 aromatic heterocycles. The summed E-state index contributed by atoms with van der Waals surface area (Å²) in [4.78, 5) is 24.4. The third-order valence-electron chi connectivity index (χ3n) is 6.18. The van der Waals surface area contributed by atoms with Gasteiger partial charge in [0.2, 0.25) is 0 Å². The van der Waals surface area contributed by atoms with Gasteiger partial charge in [-0.05, 0) is 30.7 Å². The van der Waals surface area contributed by atoms with Gasteiger partial charge in [-0.3, -0.25) is 9.69 Å². The van der Waals surface area contributed by atoms with Crippen molar-refractivity contribution in [2.75, 3.05) is 57.3 Å². The van der Waals surface area contributed by atoms with E-state index in [9.17, 15) is 4.79 Å². The van der Waals surface area contributed by atoms with Gasteiger partial charge in [-0.2, -0.15) is 0 Å². The number of piperazine rings is 2. The molecule has 1 N–H and O–H groups in total. The van der Waals surface area contributed by atoms with Crippen LogP contribution in [-0.4, -0.2) is 73.0 Å². The lowest BCUT2D eigenvalue weighted by atomic mass is 10.0. The van der Waals surface area contributed by atoms with E-state index in [2.05, 4.69) is 51.3 Å². The van der Waals surface area contributed by atoms with E-state index >= 15 is 0 Å². The molecule has 0 radical (unpaired) electrons. The van der Waals surface area contributed by atoms with Gasteiger partial charge < -0.3 is 15.1 Å². The highest BCUT2D eigenvalue weighted by Gasteiger charge is 2.25. The topological polar surface area (TPSA) is 51.7 Å². The van der Waals surface area contributed by atoms with Gasteiger partial charge in [-0.25, -0.2) is 4.98 Å². The fourth-order valence-electron chi connectivity index (χ4n) is 4.33. The zero-order valence-corrected chi connectivity index (χ0v) is 18.0. The van der Waals surface area contributed by atoms with E-state index in [0.717, 1.165) is 63.7 Å². The average Bonchev–Trinajstić information content (AvgIpc) is 2.83. The maximum Gasteiger partial charge on any atom is 0.254 e. The summed E-state index contributed by atoms with van der Waals surface area (Å²) in [6.45, 7) is 9.58. The van der Waals surface area contributed by atoms with Crippen molar-refractivity contribution in [3.8, 4) is 0 Å². The molecule has 160 valence electrons. The highest BCUT2D eigenvalue weighted by molar-refractivity contribution is 5.95. The van der Waals surface area contributed by atoms with Crippen molar-refractivity contribution in [1.82, 2.24) is 20.1 Å². The lowest BCUT2D eigenvalue weighted by Crippen LogP contribution is -2.49. The van der Waals surface area contributed by atoms with E-state index in [0.29, 0.717) is 0 Å². The van der Waals surface area contributed by atoms with Crippen LogP contribution in [0.4, 0.5) is 5.82 Å². The van der Waals surface area contributed by atoms with Crippen molar-refractivity contribution >= 4 is 11.7 Å². The quantitative estimate of drug-likeness (QED) is 0.798. The number of benzene rings is 1. The molecule has 2 aromatic rings. The number of aromatic nitrogens is 1. The van der Waals surface area contributed by atoms with Gasteiger partial charge in [0.25, 0.3) is 5.91 Å². The second kappa shape index (κ2) is 10.0. The zero-order chi connectivity index (χ0) is 20.8. The summed E-state index contributed by atoms with van der Waals surface area (Å²) in [6, 6.07) is 14.6. The standard InChI is InChI=1S/C24H33N5O/c1-2-3-12-27-14-16-28(17-15-27)24(30)21-9-10-26-23(18-21)29-13-11-25-22(19-29)20-7-5-4-6-8-20/h4-10,18,22,25H,2-3,11-17,19H2,1H3/t22-/m1/s1. The molecule has 1 atom stereocenters. The van der Waals surface area contributed by atoms with Crippen LogP contribution in [0.3, 0.4) is 0 Å². The van der Waals surface area contributed by atoms with E-state index < -0.39 is 0 Å². The van der Waals surface area contributed by atoms with Crippen molar-refractivity contribution in [3.63, 3.8) is 0 Å². The number of rotatable bonds is 6. The number of hydrogen-bond donors (Lipinski definition) is 1. The Morgan fingerprint density at radius 3 is 2.67 bits per heavy atom. The lowest BCUT2D eigenvalue weighted by molar-refractivity contribution is 0.0635. The Kier molecular flexibility index (Phi) is 6.97. The summed E-state index contributed by atoms with van der Waals surface area (Å²) in [5, 5.41) is 3.59. The Labute approximate surface area is 179 Å². The van der Waals surface area contributed by atoms with E-state index in [1.807, 2.05) is 23.1 Å². The van der Waals surface area contributed by atoms with Crippen molar-refractivity contribution in [3.05, 3.63) is 59.8 Å². The minimum atomic E-state index is 0.128. The molecule has 1 aromatic carbocycles. The van der Waals surface area contributed by atoms with Crippen molar-refractivity contribution in [2.24, 2.45) is 0 Å². The molecule has 1 amide bonds. The molecule has 3 heterocycles. The maximum atomic E-state index is 13.1. The molecule has 4 rings (SSSR count). The van der Waals surface area contributed by atoms with Crippen LogP contribution in [0.25, 0.3) is 0 Å². The first kappa shape index (κ1) is 20.8. The monoisotopic (exact) mass is 407 g/mol. The van der Waals surface area contributed by atoms with E-state index in [-0.39, 0.29) is 11.9 Å². The molecular formula is C24H33N5O. The van der Waals surface area contributed by atoms with Crippen molar-refractivity contribution < 1.29 is 4.79 Å². The maximum absolute atomic E-state index is 13.1. The summed E-state index contributed by atoms with van der Waals surface area (Å²) in [7, 11) is 0. The molecule has 6 nitrogen and oxygen atoms in total. The van der Waals surface area contributed by atoms with E-state index in [1.165, 1.54) is 18.4 Å². The predicted molar refractivity (Wildman–Crippen MR) is 121 cm³/mol. The smallest absolute Gasteiger partial charge is 0.254 e. The first-order valence-corrected chi connectivity index (χ1v) is 11.3. The van der Waals surface area contributed by atoms with Crippen LogP contribution >= 0.6 is 0 Å². The van der Waals surface area contributed by atoms with Crippen molar-refractivity contribution in [2.45, 2.75) is 25.8 Å². The van der Waals surface area contributed by atoms with Crippen LogP contribution in [0.5, 0.6) is 0 Å².